The van der Waals surface area contributed by atoms with Crippen molar-refractivity contribution in [2.75, 3.05) is 38.2 Å². The van der Waals surface area contributed by atoms with Crippen molar-refractivity contribution < 1.29 is 8.42 Å². The summed E-state index contributed by atoms with van der Waals surface area (Å²) in [4.78, 5) is 6.79. The number of unbranched alkanes of at least 4 members (excludes halogenated alkanes) is 1. The van der Waals surface area contributed by atoms with Crippen molar-refractivity contribution in [3.63, 3.8) is 0 Å². The standard InChI is InChI=1S/C16H32N4O2S.HI/c1-14-7-3-5-10-20(14)11-6-4-9-18-16(17-2)19-15-8-12-23(21,22)13-15;/h14-15H,3-13H2,1-2H3,(H2,17,18,19);1H. The van der Waals surface area contributed by atoms with E-state index in [1.165, 1.54) is 38.8 Å². The molecule has 8 heteroatoms. The number of piperidine rings is 1. The Hall–Kier alpha value is -0.0900. The fraction of sp³-hybridized carbons (Fsp3) is 0.938. The van der Waals surface area contributed by atoms with Gasteiger partial charge in [0.25, 0.3) is 0 Å². The molecule has 0 aliphatic carbocycles. The zero-order valence-corrected chi connectivity index (χ0v) is 18.1. The summed E-state index contributed by atoms with van der Waals surface area (Å²) in [5, 5.41) is 6.52. The quantitative estimate of drug-likeness (QED) is 0.266. The first-order valence-electron chi connectivity index (χ1n) is 8.92. The van der Waals surface area contributed by atoms with Crippen molar-refractivity contribution in [1.82, 2.24) is 15.5 Å². The Morgan fingerprint density at radius 1 is 1.25 bits per heavy atom. The molecule has 0 amide bonds. The summed E-state index contributed by atoms with van der Waals surface area (Å²) < 4.78 is 23.0. The Balaban J connectivity index is 0.00000288. The van der Waals surface area contributed by atoms with Crippen LogP contribution in [0.2, 0.25) is 0 Å². The van der Waals surface area contributed by atoms with Crippen molar-refractivity contribution in [3.05, 3.63) is 0 Å². The van der Waals surface area contributed by atoms with E-state index in [1.807, 2.05) is 0 Å². The summed E-state index contributed by atoms with van der Waals surface area (Å²) in [5.41, 5.74) is 0. The maximum atomic E-state index is 11.5. The number of hydrogen-bond acceptors (Lipinski definition) is 4. The minimum atomic E-state index is -2.85. The molecule has 0 radical (unpaired) electrons. The van der Waals surface area contributed by atoms with Crippen LogP contribution in [0.25, 0.3) is 0 Å². The van der Waals surface area contributed by atoms with Crippen molar-refractivity contribution in [2.24, 2.45) is 4.99 Å². The van der Waals surface area contributed by atoms with Crippen LogP contribution >= 0.6 is 24.0 Å². The van der Waals surface area contributed by atoms with E-state index in [4.69, 9.17) is 0 Å². The Labute approximate surface area is 164 Å². The Bertz CT molecular complexity index is 498. The second kappa shape index (κ2) is 10.8. The lowest BCUT2D eigenvalue weighted by Gasteiger charge is -2.33. The molecule has 24 heavy (non-hydrogen) atoms. The van der Waals surface area contributed by atoms with Gasteiger partial charge in [0.05, 0.1) is 11.5 Å². The highest BCUT2D eigenvalue weighted by atomic mass is 127. The summed E-state index contributed by atoms with van der Waals surface area (Å²) in [5.74, 6) is 1.23. The number of aliphatic imine (C=N–C) groups is 1. The van der Waals surface area contributed by atoms with Crippen molar-refractivity contribution >= 4 is 39.8 Å². The number of guanidine groups is 1. The highest BCUT2D eigenvalue weighted by Gasteiger charge is 2.28. The fourth-order valence-electron chi connectivity index (χ4n) is 3.43. The molecule has 2 aliphatic heterocycles. The number of rotatable bonds is 6. The van der Waals surface area contributed by atoms with E-state index < -0.39 is 9.84 Å². The molecule has 2 fully saturated rings. The van der Waals surface area contributed by atoms with E-state index in [2.05, 4.69) is 27.4 Å². The van der Waals surface area contributed by atoms with Gasteiger partial charge in [-0.3, -0.25) is 4.99 Å². The lowest BCUT2D eigenvalue weighted by atomic mass is 10.0. The molecule has 2 N–H and O–H groups in total. The van der Waals surface area contributed by atoms with Crippen molar-refractivity contribution in [3.8, 4) is 0 Å². The molecule has 0 saturated carbocycles. The summed E-state index contributed by atoms with van der Waals surface area (Å²) in [6.07, 6.45) is 7.01. The third-order valence-corrected chi connectivity index (χ3v) is 6.67. The van der Waals surface area contributed by atoms with Gasteiger partial charge in [0.15, 0.2) is 15.8 Å². The number of sulfone groups is 1. The van der Waals surface area contributed by atoms with E-state index in [9.17, 15) is 8.42 Å². The van der Waals surface area contributed by atoms with Gasteiger partial charge in [-0.2, -0.15) is 0 Å². The minimum Gasteiger partial charge on any atom is -0.356 e. The molecule has 2 aliphatic rings. The predicted molar refractivity (Wildman–Crippen MR) is 111 cm³/mol. The van der Waals surface area contributed by atoms with Gasteiger partial charge >= 0.3 is 0 Å². The molecule has 0 spiro atoms. The molecule has 0 aromatic rings. The zero-order chi connectivity index (χ0) is 16.7. The second-order valence-corrected chi connectivity index (χ2v) is 9.06. The Morgan fingerprint density at radius 2 is 2.04 bits per heavy atom. The average molecular weight is 472 g/mol. The number of halogens is 1. The summed E-state index contributed by atoms with van der Waals surface area (Å²) >= 11 is 0. The molecule has 2 unspecified atom stereocenters. The summed E-state index contributed by atoms with van der Waals surface area (Å²) in [6, 6.07) is 0.732. The van der Waals surface area contributed by atoms with Gasteiger partial charge in [-0.25, -0.2) is 8.42 Å². The number of likely N-dealkylation sites (tertiary alicyclic amines) is 1. The first-order chi connectivity index (χ1) is 11.0. The van der Waals surface area contributed by atoms with Gasteiger partial charge < -0.3 is 15.5 Å². The van der Waals surface area contributed by atoms with E-state index in [1.54, 1.807) is 7.05 Å². The van der Waals surface area contributed by atoms with Gasteiger partial charge in [-0.05, 0) is 52.1 Å². The molecule has 2 rings (SSSR count). The number of nitrogens with zero attached hydrogens (tertiary/aromatic N) is 2. The van der Waals surface area contributed by atoms with Crippen LogP contribution < -0.4 is 10.6 Å². The van der Waals surface area contributed by atoms with Crippen LogP contribution in [0, 0.1) is 0 Å². The van der Waals surface area contributed by atoms with Crippen LogP contribution in [0.1, 0.15) is 45.4 Å². The van der Waals surface area contributed by atoms with Crippen LogP contribution in [0.5, 0.6) is 0 Å². The van der Waals surface area contributed by atoms with Crippen LogP contribution in [-0.2, 0) is 9.84 Å². The largest absolute Gasteiger partial charge is 0.356 e. The highest BCUT2D eigenvalue weighted by Crippen LogP contribution is 2.16. The SMILES string of the molecule is CN=C(NCCCCN1CCCCC1C)NC1CCS(=O)(=O)C1.I. The summed E-state index contributed by atoms with van der Waals surface area (Å²) in [7, 11) is -1.12. The average Bonchev–Trinajstić information content (AvgIpc) is 2.86. The second-order valence-electron chi connectivity index (χ2n) is 6.83. The van der Waals surface area contributed by atoms with E-state index in [-0.39, 0.29) is 41.5 Å². The van der Waals surface area contributed by atoms with Gasteiger partial charge in [-0.1, -0.05) is 6.42 Å². The Kier molecular flexibility index (Phi) is 9.88. The van der Waals surface area contributed by atoms with Crippen molar-refractivity contribution in [1.29, 1.82) is 0 Å². The fourth-order valence-corrected chi connectivity index (χ4v) is 5.11. The lowest BCUT2D eigenvalue weighted by molar-refractivity contribution is 0.158. The van der Waals surface area contributed by atoms with Gasteiger partial charge in [0, 0.05) is 25.7 Å². The topological polar surface area (TPSA) is 73.8 Å². The highest BCUT2D eigenvalue weighted by molar-refractivity contribution is 14.0. The third-order valence-electron chi connectivity index (χ3n) is 4.90. The molecule has 0 aromatic heterocycles. The van der Waals surface area contributed by atoms with E-state index in [0.29, 0.717) is 6.42 Å². The molecule has 2 atom stereocenters. The van der Waals surface area contributed by atoms with E-state index >= 15 is 0 Å². The minimum absolute atomic E-state index is 0. The molecule has 6 nitrogen and oxygen atoms in total. The first-order valence-corrected chi connectivity index (χ1v) is 10.7. The smallest absolute Gasteiger partial charge is 0.191 e. The van der Waals surface area contributed by atoms with Gasteiger partial charge in [-0.15, -0.1) is 24.0 Å². The molecular formula is C16H33IN4O2S. The number of hydrogen-bond donors (Lipinski definition) is 2. The molecule has 2 heterocycles. The molecule has 0 bridgehead atoms. The lowest BCUT2D eigenvalue weighted by Crippen LogP contribution is -2.44. The van der Waals surface area contributed by atoms with Gasteiger partial charge in [0.2, 0.25) is 0 Å². The van der Waals surface area contributed by atoms with E-state index in [0.717, 1.165) is 25.0 Å². The predicted octanol–water partition coefficient (Wildman–Crippen LogP) is 1.61. The van der Waals surface area contributed by atoms with Crippen LogP contribution in [0.4, 0.5) is 0 Å². The molecule has 0 aromatic carbocycles. The zero-order valence-electron chi connectivity index (χ0n) is 15.0. The van der Waals surface area contributed by atoms with Gasteiger partial charge in [0.1, 0.15) is 0 Å². The van der Waals surface area contributed by atoms with Crippen LogP contribution in [0.15, 0.2) is 4.99 Å². The summed E-state index contributed by atoms with van der Waals surface area (Å²) in [6.45, 7) is 5.63. The van der Waals surface area contributed by atoms with Crippen LogP contribution in [0.3, 0.4) is 0 Å². The molecule has 142 valence electrons. The van der Waals surface area contributed by atoms with Crippen LogP contribution in [-0.4, -0.2) is 69.5 Å². The maximum Gasteiger partial charge on any atom is 0.191 e. The Morgan fingerprint density at radius 3 is 2.67 bits per heavy atom. The molecule has 2 saturated heterocycles. The van der Waals surface area contributed by atoms with Crippen molar-refractivity contribution in [2.45, 2.75) is 57.5 Å². The normalized spacial score (nSPS) is 27.5. The third kappa shape index (κ3) is 7.43. The monoisotopic (exact) mass is 472 g/mol. The maximum absolute atomic E-state index is 11.5. The first kappa shape index (κ1) is 22.0. The molecular weight excluding hydrogens is 439 g/mol. The number of nitrogens with one attached hydrogen (secondary N) is 2.